The fourth-order valence-corrected chi connectivity index (χ4v) is 4.84. The second-order valence-corrected chi connectivity index (χ2v) is 9.60. The largest absolute Gasteiger partial charge is 0.496 e. The predicted molar refractivity (Wildman–Crippen MR) is 156 cm³/mol. The Bertz CT molecular complexity index is 1510. The van der Waals surface area contributed by atoms with Crippen molar-refractivity contribution >= 4 is 28.7 Å². The lowest BCUT2D eigenvalue weighted by molar-refractivity contribution is -0.132. The molecule has 0 bridgehead atoms. The van der Waals surface area contributed by atoms with Gasteiger partial charge in [0.25, 0.3) is 5.91 Å². The fourth-order valence-electron chi connectivity index (χ4n) is 4.84. The molecule has 0 saturated heterocycles. The summed E-state index contributed by atoms with van der Waals surface area (Å²) in [5, 5.41) is 17.7. The number of carboxylic acids is 1. The van der Waals surface area contributed by atoms with Crippen LogP contribution < -0.4 is 15.8 Å². The minimum absolute atomic E-state index is 0.0705. The van der Waals surface area contributed by atoms with E-state index in [1.54, 1.807) is 20.1 Å². The van der Waals surface area contributed by atoms with Crippen LogP contribution in [-0.2, 0) is 9.59 Å². The van der Waals surface area contributed by atoms with Crippen LogP contribution in [0.1, 0.15) is 18.9 Å². The van der Waals surface area contributed by atoms with E-state index in [9.17, 15) is 19.6 Å². The Morgan fingerprint density at radius 2 is 1.93 bits per heavy atom. The van der Waals surface area contributed by atoms with Crippen LogP contribution in [0.2, 0.25) is 0 Å². The molecular weight excluding hydrogens is 508 g/mol. The van der Waals surface area contributed by atoms with Gasteiger partial charge in [0.05, 0.1) is 42.1 Å². The molecule has 2 aromatic rings. The van der Waals surface area contributed by atoms with Gasteiger partial charge in [-0.3, -0.25) is 4.79 Å². The summed E-state index contributed by atoms with van der Waals surface area (Å²) in [7, 11) is 3.56. The highest BCUT2D eigenvalue weighted by Crippen LogP contribution is 2.29. The minimum Gasteiger partial charge on any atom is -0.496 e. The number of methoxy groups -OCH3 is 1. The van der Waals surface area contributed by atoms with Gasteiger partial charge in [-0.1, -0.05) is 55.5 Å². The number of fused-ring (bicyclic) bond motifs is 1. The first-order chi connectivity index (χ1) is 19.2. The number of rotatable bonds is 9. The van der Waals surface area contributed by atoms with Gasteiger partial charge in [-0.25, -0.2) is 4.79 Å². The molecule has 0 saturated carbocycles. The van der Waals surface area contributed by atoms with E-state index in [2.05, 4.69) is 16.6 Å². The van der Waals surface area contributed by atoms with Crippen LogP contribution in [0.15, 0.2) is 107 Å². The number of carbonyl (C=O) groups excluding carboxylic acids is 1. The Labute approximate surface area is 232 Å². The molecule has 2 heterocycles. The number of carboxylic acid groups (broad SMARTS) is 1. The van der Waals surface area contributed by atoms with Crippen LogP contribution in [0.5, 0.6) is 5.75 Å². The monoisotopic (exact) mass is 540 g/mol. The van der Waals surface area contributed by atoms with Crippen molar-refractivity contribution in [2.75, 3.05) is 14.2 Å². The first-order valence-corrected chi connectivity index (χ1v) is 12.9. The summed E-state index contributed by atoms with van der Waals surface area (Å²) < 4.78 is 5.51. The zero-order valence-corrected chi connectivity index (χ0v) is 22.6. The zero-order chi connectivity index (χ0) is 28.8. The van der Waals surface area contributed by atoms with E-state index < -0.39 is 23.8 Å². The molecule has 206 valence electrons. The number of amides is 1. The van der Waals surface area contributed by atoms with E-state index in [0.717, 1.165) is 27.7 Å². The van der Waals surface area contributed by atoms with Gasteiger partial charge in [0.15, 0.2) is 0 Å². The fraction of sp³-hybridized carbons (Fsp3) is 0.226. The minimum atomic E-state index is -1.10. The molecule has 4 rings (SSSR count). The molecule has 3 unspecified atom stereocenters. The van der Waals surface area contributed by atoms with Gasteiger partial charge in [0.2, 0.25) is 0 Å². The van der Waals surface area contributed by atoms with E-state index in [1.165, 1.54) is 12.2 Å². The number of carbonyl (C=O) groups is 2. The molecular formula is C31H32N4O5. The number of nitrogens with one attached hydrogen (secondary N) is 1. The van der Waals surface area contributed by atoms with Gasteiger partial charge >= 0.3 is 5.97 Å². The van der Waals surface area contributed by atoms with Crippen molar-refractivity contribution in [1.29, 1.82) is 0 Å². The van der Waals surface area contributed by atoms with Crippen molar-refractivity contribution in [3.8, 4) is 5.75 Å². The lowest BCUT2D eigenvalue weighted by Crippen LogP contribution is -2.47. The normalized spacial score (nSPS) is 19.9. The number of aliphatic carboxylic acids is 1. The maximum Gasteiger partial charge on any atom is 0.335 e. The van der Waals surface area contributed by atoms with E-state index in [4.69, 9.17) is 10.5 Å². The molecule has 3 atom stereocenters. The van der Waals surface area contributed by atoms with Gasteiger partial charge in [-0.05, 0) is 59.5 Å². The third-order valence-corrected chi connectivity index (χ3v) is 7.06. The zero-order valence-electron chi connectivity index (χ0n) is 22.6. The summed E-state index contributed by atoms with van der Waals surface area (Å²) >= 11 is 0. The molecule has 0 aliphatic carbocycles. The van der Waals surface area contributed by atoms with Crippen molar-refractivity contribution in [3.05, 3.63) is 112 Å². The molecule has 9 heteroatoms. The van der Waals surface area contributed by atoms with E-state index >= 15 is 0 Å². The SMILES string of the molecule is CCC(/C=C(\N)C1=CC(C(=O)O)=CC(C2C=C(C=Cc3cccc4c(OC)cccc34)C=CN2C)N1)C(=O)N=O. The lowest BCUT2D eigenvalue weighted by Gasteiger charge is -2.36. The van der Waals surface area contributed by atoms with Crippen molar-refractivity contribution in [2.24, 2.45) is 16.8 Å². The van der Waals surface area contributed by atoms with E-state index in [1.807, 2.05) is 72.8 Å². The van der Waals surface area contributed by atoms with Crippen LogP contribution in [-0.4, -0.2) is 48.1 Å². The Hall–Kier alpha value is -4.92. The summed E-state index contributed by atoms with van der Waals surface area (Å²) in [5.74, 6) is -1.90. The Morgan fingerprint density at radius 3 is 2.62 bits per heavy atom. The first kappa shape index (κ1) is 28.1. The number of hydrogen-bond acceptors (Lipinski definition) is 7. The highest BCUT2D eigenvalue weighted by molar-refractivity contribution is 5.95. The summed E-state index contributed by atoms with van der Waals surface area (Å²) in [6.07, 6.45) is 14.9. The summed E-state index contributed by atoms with van der Waals surface area (Å²) in [4.78, 5) is 36.5. The third-order valence-electron chi connectivity index (χ3n) is 7.06. The number of allylic oxidation sites excluding steroid dienone is 3. The lowest BCUT2D eigenvalue weighted by atomic mass is 9.94. The molecule has 2 aliphatic heterocycles. The number of dihydropyridines is 1. The molecule has 2 aliphatic rings. The van der Waals surface area contributed by atoms with E-state index in [0.29, 0.717) is 12.1 Å². The molecule has 2 aromatic carbocycles. The third kappa shape index (κ3) is 6.04. The van der Waals surface area contributed by atoms with Crippen LogP contribution in [0.25, 0.3) is 16.8 Å². The Kier molecular flexibility index (Phi) is 8.63. The molecule has 40 heavy (non-hydrogen) atoms. The standard InChI is InChI=1S/C31H32N4O5/c1-4-20(30(36)34-39)16-25(32)26-17-22(31(37)38)18-27(33-26)28-15-19(13-14-35(28)2)11-12-21-7-5-9-24-23(21)8-6-10-29(24)40-3/h5-18,20,27-28,33H,4,32H2,1-3H3,(H,37,38)/b12-11?,25-16-. The molecule has 0 spiro atoms. The van der Waals surface area contributed by atoms with Crippen molar-refractivity contribution < 1.29 is 19.4 Å². The quantitative estimate of drug-likeness (QED) is 0.392. The highest BCUT2D eigenvalue weighted by atomic mass is 16.5. The van der Waals surface area contributed by atoms with Crippen molar-refractivity contribution in [1.82, 2.24) is 10.2 Å². The molecule has 4 N–H and O–H groups in total. The molecule has 0 radical (unpaired) electrons. The Morgan fingerprint density at radius 1 is 1.18 bits per heavy atom. The number of benzene rings is 2. The number of likely N-dealkylation sites (N-methyl/N-ethyl adjacent to an activating group) is 1. The molecule has 0 aromatic heterocycles. The maximum absolute atomic E-state index is 12.0. The smallest absolute Gasteiger partial charge is 0.335 e. The predicted octanol–water partition coefficient (Wildman–Crippen LogP) is 4.64. The summed E-state index contributed by atoms with van der Waals surface area (Å²) in [6.45, 7) is 1.74. The van der Waals surface area contributed by atoms with Gasteiger partial charge in [0, 0.05) is 17.6 Å². The number of nitroso groups, excluding NO2 is 1. The highest BCUT2D eigenvalue weighted by Gasteiger charge is 2.28. The number of nitrogens with zero attached hydrogens (tertiary/aromatic N) is 2. The topological polar surface area (TPSA) is 134 Å². The second-order valence-electron chi connectivity index (χ2n) is 9.60. The maximum atomic E-state index is 12.0. The molecule has 0 fully saturated rings. The first-order valence-electron chi connectivity index (χ1n) is 12.9. The summed E-state index contributed by atoms with van der Waals surface area (Å²) in [6, 6.07) is 11.3. The van der Waals surface area contributed by atoms with Gasteiger partial charge in [-0.2, -0.15) is 0 Å². The van der Waals surface area contributed by atoms with E-state index in [-0.39, 0.29) is 17.3 Å². The average molecular weight is 541 g/mol. The average Bonchev–Trinajstić information content (AvgIpc) is 2.98. The molecule has 1 amide bonds. The van der Waals surface area contributed by atoms with Crippen LogP contribution in [0, 0.1) is 10.8 Å². The van der Waals surface area contributed by atoms with Crippen molar-refractivity contribution in [2.45, 2.75) is 25.4 Å². The van der Waals surface area contributed by atoms with Gasteiger partial charge < -0.3 is 25.8 Å². The summed E-state index contributed by atoms with van der Waals surface area (Å²) in [5.41, 5.74) is 8.85. The number of nitrogens with two attached hydrogens (primary N) is 1. The van der Waals surface area contributed by atoms with Gasteiger partial charge in [-0.15, -0.1) is 4.91 Å². The van der Waals surface area contributed by atoms with Crippen molar-refractivity contribution in [3.63, 3.8) is 0 Å². The number of hydrogen-bond donors (Lipinski definition) is 3. The molecule has 9 nitrogen and oxygen atoms in total. The number of ether oxygens (including phenoxy) is 1. The second kappa shape index (κ2) is 12.3. The van der Waals surface area contributed by atoms with Crippen LogP contribution >= 0.6 is 0 Å². The van der Waals surface area contributed by atoms with Crippen LogP contribution in [0.3, 0.4) is 0 Å². The van der Waals surface area contributed by atoms with Gasteiger partial charge in [0.1, 0.15) is 5.75 Å². The van der Waals surface area contributed by atoms with Crippen LogP contribution in [0.4, 0.5) is 0 Å². The Balaban J connectivity index is 1.63.